The highest BCUT2D eigenvalue weighted by Crippen LogP contribution is 2.12. The van der Waals surface area contributed by atoms with E-state index in [0.717, 1.165) is 6.42 Å². The second kappa shape index (κ2) is 4.65. The summed E-state index contributed by atoms with van der Waals surface area (Å²) in [5.74, 6) is 0. The molecule has 0 aliphatic heterocycles. The minimum absolute atomic E-state index is 0.00579. The normalized spacial score (nSPS) is 14.3. The molecule has 3 heteroatoms. The summed E-state index contributed by atoms with van der Waals surface area (Å²) >= 11 is 0. The van der Waals surface area contributed by atoms with Crippen molar-refractivity contribution in [2.75, 3.05) is 0 Å². The largest absolute Gasteiger partial charge is 0.269 e. The molecule has 56 valence electrons. The third-order valence-corrected chi connectivity index (χ3v) is 1.11. The van der Waals surface area contributed by atoms with Gasteiger partial charge in [0.1, 0.15) is 0 Å². The second-order valence-electron chi connectivity index (χ2n) is 1.99. The van der Waals surface area contributed by atoms with Crippen molar-refractivity contribution in [1.29, 1.82) is 0 Å². The van der Waals surface area contributed by atoms with Crippen LogP contribution in [0.25, 0.3) is 0 Å². The number of unbranched alkanes of at least 4 members (excludes halogenated alkanes) is 1. The second-order valence-corrected chi connectivity index (χ2v) is 1.99. The third kappa shape index (κ3) is 4.30. The van der Waals surface area contributed by atoms with Crippen LogP contribution in [0.2, 0.25) is 0 Å². The van der Waals surface area contributed by atoms with Crippen molar-refractivity contribution in [2.45, 2.75) is 38.8 Å². The smallest absolute Gasteiger partial charge is 0.241 e. The lowest BCUT2D eigenvalue weighted by Gasteiger charge is -2.03. The van der Waals surface area contributed by atoms with Crippen LogP contribution < -0.4 is 0 Å². The number of rotatable bonds is 4. The van der Waals surface area contributed by atoms with Crippen LogP contribution in [-0.2, 0) is 0 Å². The van der Waals surface area contributed by atoms with Gasteiger partial charge >= 0.3 is 0 Å². The zero-order chi connectivity index (χ0) is 7.28. The van der Waals surface area contributed by atoms with Crippen molar-refractivity contribution in [2.24, 2.45) is 0 Å². The Balaban J connectivity index is 3.16. The molecular weight excluding hydrogens is 129 g/mol. The molecule has 0 bridgehead atoms. The van der Waals surface area contributed by atoms with Gasteiger partial charge in [0, 0.05) is 0 Å². The SMILES string of the molecule is CCCCC(F)C(F)F. The highest BCUT2D eigenvalue weighted by atomic mass is 19.3. The Kier molecular flexibility index (Phi) is 4.54. The van der Waals surface area contributed by atoms with Crippen molar-refractivity contribution < 1.29 is 13.2 Å². The molecule has 9 heavy (non-hydrogen) atoms. The van der Waals surface area contributed by atoms with Crippen LogP contribution in [0.15, 0.2) is 0 Å². The molecule has 0 fully saturated rings. The molecule has 1 unspecified atom stereocenters. The number of hydrogen-bond acceptors (Lipinski definition) is 0. The van der Waals surface area contributed by atoms with E-state index in [4.69, 9.17) is 0 Å². The van der Waals surface area contributed by atoms with Crippen molar-refractivity contribution in [1.82, 2.24) is 0 Å². The average Bonchev–Trinajstić information content (AvgIpc) is 1.82. The van der Waals surface area contributed by atoms with Crippen LogP contribution in [0.3, 0.4) is 0 Å². The van der Waals surface area contributed by atoms with Gasteiger partial charge in [0.15, 0.2) is 6.17 Å². The van der Waals surface area contributed by atoms with E-state index in [1.807, 2.05) is 6.92 Å². The topological polar surface area (TPSA) is 0 Å². The van der Waals surface area contributed by atoms with E-state index >= 15 is 0 Å². The lowest BCUT2D eigenvalue weighted by molar-refractivity contribution is 0.0443. The maximum absolute atomic E-state index is 12.0. The van der Waals surface area contributed by atoms with E-state index in [9.17, 15) is 13.2 Å². The highest BCUT2D eigenvalue weighted by molar-refractivity contribution is 4.56. The molecule has 0 aliphatic carbocycles. The third-order valence-electron chi connectivity index (χ3n) is 1.11. The fourth-order valence-electron chi connectivity index (χ4n) is 0.525. The van der Waals surface area contributed by atoms with Crippen LogP contribution in [-0.4, -0.2) is 12.6 Å². The average molecular weight is 140 g/mol. The molecule has 0 nitrogen and oxygen atoms in total. The van der Waals surface area contributed by atoms with Gasteiger partial charge in [-0.2, -0.15) is 0 Å². The highest BCUT2D eigenvalue weighted by Gasteiger charge is 2.17. The first-order valence-corrected chi connectivity index (χ1v) is 3.10. The Labute approximate surface area is 53.1 Å². The van der Waals surface area contributed by atoms with E-state index in [2.05, 4.69) is 0 Å². The molecule has 0 amide bonds. The molecule has 0 aliphatic rings. The quantitative estimate of drug-likeness (QED) is 0.563. The molecule has 0 saturated carbocycles. The Morgan fingerprint density at radius 1 is 1.22 bits per heavy atom. The van der Waals surface area contributed by atoms with Crippen LogP contribution in [0.5, 0.6) is 0 Å². The standard InChI is InChI=1S/C6H11F3/c1-2-3-4-5(7)6(8)9/h5-6H,2-4H2,1H3. The molecule has 0 heterocycles. The predicted octanol–water partition coefficient (Wildman–Crippen LogP) is 2.78. The minimum Gasteiger partial charge on any atom is -0.241 e. The van der Waals surface area contributed by atoms with Crippen LogP contribution in [0, 0.1) is 0 Å². The summed E-state index contributed by atoms with van der Waals surface area (Å²) in [7, 11) is 0. The molecule has 0 rings (SSSR count). The fourth-order valence-corrected chi connectivity index (χ4v) is 0.525. The lowest BCUT2D eigenvalue weighted by Crippen LogP contribution is -2.10. The number of hydrogen-bond donors (Lipinski definition) is 0. The lowest BCUT2D eigenvalue weighted by atomic mass is 10.2. The summed E-state index contributed by atoms with van der Waals surface area (Å²) in [6.45, 7) is 1.85. The van der Waals surface area contributed by atoms with Gasteiger partial charge in [-0.05, 0) is 6.42 Å². The van der Waals surface area contributed by atoms with Gasteiger partial charge in [-0.15, -0.1) is 0 Å². The first kappa shape index (κ1) is 8.79. The van der Waals surface area contributed by atoms with Gasteiger partial charge in [0.25, 0.3) is 6.43 Å². The molecule has 0 saturated heterocycles. The summed E-state index contributed by atoms with van der Waals surface area (Å²) < 4.78 is 34.7. The summed E-state index contributed by atoms with van der Waals surface area (Å²) in [4.78, 5) is 0. The first-order valence-electron chi connectivity index (χ1n) is 3.10. The van der Waals surface area contributed by atoms with Crippen LogP contribution in [0.1, 0.15) is 26.2 Å². The summed E-state index contributed by atoms with van der Waals surface area (Å²) in [6, 6.07) is 0. The van der Waals surface area contributed by atoms with Crippen molar-refractivity contribution in [3.05, 3.63) is 0 Å². The Bertz CT molecular complexity index is 63.3. The maximum atomic E-state index is 12.0. The van der Waals surface area contributed by atoms with E-state index in [1.165, 1.54) is 0 Å². The Morgan fingerprint density at radius 2 is 1.78 bits per heavy atom. The molecule has 0 aromatic heterocycles. The van der Waals surface area contributed by atoms with Gasteiger partial charge in [-0.3, -0.25) is 0 Å². The van der Waals surface area contributed by atoms with Crippen molar-refractivity contribution in [3.8, 4) is 0 Å². The van der Waals surface area contributed by atoms with E-state index in [0.29, 0.717) is 6.42 Å². The van der Waals surface area contributed by atoms with Crippen molar-refractivity contribution in [3.63, 3.8) is 0 Å². The van der Waals surface area contributed by atoms with Crippen LogP contribution in [0.4, 0.5) is 13.2 Å². The fraction of sp³-hybridized carbons (Fsp3) is 1.00. The van der Waals surface area contributed by atoms with Gasteiger partial charge < -0.3 is 0 Å². The van der Waals surface area contributed by atoms with Gasteiger partial charge in [-0.1, -0.05) is 19.8 Å². The van der Waals surface area contributed by atoms with Crippen LogP contribution >= 0.6 is 0 Å². The summed E-state index contributed by atoms with van der Waals surface area (Å²) in [6.07, 6.45) is -3.39. The van der Waals surface area contributed by atoms with E-state index in [-0.39, 0.29) is 6.42 Å². The Morgan fingerprint density at radius 3 is 2.11 bits per heavy atom. The monoisotopic (exact) mass is 140 g/mol. The molecule has 0 aromatic carbocycles. The maximum Gasteiger partial charge on any atom is 0.269 e. The number of halogens is 3. The predicted molar refractivity (Wildman–Crippen MR) is 30.4 cm³/mol. The van der Waals surface area contributed by atoms with Crippen molar-refractivity contribution >= 4 is 0 Å². The van der Waals surface area contributed by atoms with E-state index in [1.54, 1.807) is 0 Å². The molecule has 0 radical (unpaired) electrons. The minimum atomic E-state index is -2.79. The van der Waals surface area contributed by atoms with E-state index < -0.39 is 12.6 Å². The number of alkyl halides is 3. The van der Waals surface area contributed by atoms with Gasteiger partial charge in [-0.25, -0.2) is 13.2 Å². The Hall–Kier alpha value is -0.210. The molecule has 0 spiro atoms. The molecular formula is C6H11F3. The first-order chi connectivity index (χ1) is 4.18. The summed E-state index contributed by atoms with van der Waals surface area (Å²) in [5.41, 5.74) is 0. The molecule has 1 atom stereocenters. The molecule has 0 aromatic rings. The van der Waals surface area contributed by atoms with Gasteiger partial charge in [0.2, 0.25) is 0 Å². The summed E-state index contributed by atoms with van der Waals surface area (Å²) in [5, 5.41) is 0. The zero-order valence-electron chi connectivity index (χ0n) is 5.41. The van der Waals surface area contributed by atoms with Gasteiger partial charge in [0.05, 0.1) is 0 Å². The zero-order valence-corrected chi connectivity index (χ0v) is 5.41. The molecule has 0 N–H and O–H groups in total.